The van der Waals surface area contributed by atoms with E-state index >= 15 is 0 Å². The number of hydrogen-bond acceptors (Lipinski definition) is 6. The van der Waals surface area contributed by atoms with Crippen molar-refractivity contribution in [3.8, 4) is 0 Å². The Bertz CT molecular complexity index is 731. The van der Waals surface area contributed by atoms with Crippen LogP contribution in [0.25, 0.3) is 0 Å². The molecule has 0 fully saturated rings. The van der Waals surface area contributed by atoms with Gasteiger partial charge in [0.25, 0.3) is 10.0 Å². The average molecular weight is 334 g/mol. The standard InChI is InChI=1S/C12H18N2O5S2/c1-9(2)13-7-11-3-4-12(19-11)21(17,18)14-10-5-6-20(15,16)8-10/h3-6,9-10,13-14H,7-8H2,1-2H3. The van der Waals surface area contributed by atoms with Crippen LogP contribution in [0.2, 0.25) is 0 Å². The van der Waals surface area contributed by atoms with Gasteiger partial charge in [0.15, 0.2) is 9.84 Å². The van der Waals surface area contributed by atoms with Crippen LogP contribution in [0, 0.1) is 0 Å². The zero-order chi connectivity index (χ0) is 15.7. The predicted octanol–water partition coefficient (Wildman–Crippen LogP) is 0.367. The molecule has 21 heavy (non-hydrogen) atoms. The molecule has 1 aromatic rings. The smallest absolute Gasteiger partial charge is 0.274 e. The van der Waals surface area contributed by atoms with Gasteiger partial charge in [-0.05, 0) is 12.1 Å². The van der Waals surface area contributed by atoms with E-state index in [0.717, 1.165) is 5.41 Å². The van der Waals surface area contributed by atoms with Crippen molar-refractivity contribution in [2.75, 3.05) is 5.75 Å². The lowest BCUT2D eigenvalue weighted by Crippen LogP contribution is -2.35. The van der Waals surface area contributed by atoms with Crippen molar-refractivity contribution in [1.82, 2.24) is 10.0 Å². The van der Waals surface area contributed by atoms with Crippen molar-refractivity contribution in [2.24, 2.45) is 0 Å². The van der Waals surface area contributed by atoms with E-state index in [9.17, 15) is 16.8 Å². The summed E-state index contributed by atoms with van der Waals surface area (Å²) in [7, 11) is -7.18. The van der Waals surface area contributed by atoms with Gasteiger partial charge >= 0.3 is 0 Å². The normalized spacial score (nSPS) is 21.2. The largest absolute Gasteiger partial charge is 0.447 e. The predicted molar refractivity (Wildman–Crippen MR) is 77.7 cm³/mol. The zero-order valence-corrected chi connectivity index (χ0v) is 13.4. The van der Waals surface area contributed by atoms with Gasteiger partial charge in [0.2, 0.25) is 5.09 Å². The Kier molecular flexibility index (Phi) is 4.57. The van der Waals surface area contributed by atoms with Crippen molar-refractivity contribution >= 4 is 19.9 Å². The molecule has 0 radical (unpaired) electrons. The van der Waals surface area contributed by atoms with E-state index in [4.69, 9.17) is 4.42 Å². The molecule has 1 atom stereocenters. The van der Waals surface area contributed by atoms with Gasteiger partial charge in [-0.3, -0.25) is 0 Å². The van der Waals surface area contributed by atoms with Gasteiger partial charge in [-0.2, -0.15) is 0 Å². The number of nitrogens with one attached hydrogen (secondary N) is 2. The Morgan fingerprint density at radius 3 is 2.67 bits per heavy atom. The minimum Gasteiger partial charge on any atom is -0.447 e. The maximum Gasteiger partial charge on any atom is 0.274 e. The lowest BCUT2D eigenvalue weighted by molar-refractivity contribution is 0.392. The van der Waals surface area contributed by atoms with Crippen molar-refractivity contribution < 1.29 is 21.3 Å². The molecule has 0 amide bonds. The summed E-state index contributed by atoms with van der Waals surface area (Å²) in [5.74, 6) is 0.230. The van der Waals surface area contributed by atoms with Crippen LogP contribution < -0.4 is 10.0 Å². The highest BCUT2D eigenvalue weighted by atomic mass is 32.2. The highest BCUT2D eigenvalue weighted by molar-refractivity contribution is 7.94. The Hall–Kier alpha value is -1.16. The molecule has 2 N–H and O–H groups in total. The molecule has 1 aliphatic rings. The maximum absolute atomic E-state index is 12.1. The fourth-order valence-corrected chi connectivity index (χ4v) is 4.29. The summed E-state index contributed by atoms with van der Waals surface area (Å²) in [6.07, 6.45) is 1.32. The second-order valence-corrected chi connectivity index (χ2v) is 8.72. The molecule has 1 aromatic heterocycles. The molecule has 1 aliphatic heterocycles. The number of sulfonamides is 1. The van der Waals surface area contributed by atoms with Crippen LogP contribution in [0.3, 0.4) is 0 Å². The summed E-state index contributed by atoms with van der Waals surface area (Å²) >= 11 is 0. The third kappa shape index (κ3) is 4.40. The quantitative estimate of drug-likeness (QED) is 0.778. The molecule has 118 valence electrons. The van der Waals surface area contributed by atoms with Crippen molar-refractivity contribution in [2.45, 2.75) is 37.6 Å². The molecule has 9 heteroatoms. The van der Waals surface area contributed by atoms with E-state index in [0.29, 0.717) is 12.3 Å². The van der Waals surface area contributed by atoms with Crippen LogP contribution in [0.4, 0.5) is 0 Å². The molecular weight excluding hydrogens is 316 g/mol. The number of sulfone groups is 1. The van der Waals surface area contributed by atoms with E-state index in [2.05, 4.69) is 10.0 Å². The number of furan rings is 1. The second kappa shape index (κ2) is 5.91. The van der Waals surface area contributed by atoms with Crippen LogP contribution in [-0.2, 0) is 26.4 Å². The van der Waals surface area contributed by atoms with Gasteiger partial charge < -0.3 is 9.73 Å². The van der Waals surface area contributed by atoms with Gasteiger partial charge in [0.1, 0.15) is 5.76 Å². The van der Waals surface area contributed by atoms with Gasteiger partial charge in [-0.25, -0.2) is 21.6 Å². The van der Waals surface area contributed by atoms with Crippen LogP contribution >= 0.6 is 0 Å². The summed E-state index contributed by atoms with van der Waals surface area (Å²) in [5, 5.41) is 3.90. The molecule has 1 unspecified atom stereocenters. The minimum absolute atomic E-state index is 0.222. The molecule has 7 nitrogen and oxygen atoms in total. The third-order valence-corrected chi connectivity index (χ3v) is 5.58. The first-order valence-electron chi connectivity index (χ1n) is 6.43. The van der Waals surface area contributed by atoms with E-state index in [1.165, 1.54) is 12.1 Å². The first-order valence-corrected chi connectivity index (χ1v) is 9.63. The lowest BCUT2D eigenvalue weighted by atomic mass is 10.3. The SMILES string of the molecule is CC(C)NCc1ccc(S(=O)(=O)NC2C=CS(=O)(=O)C2)o1. The summed E-state index contributed by atoms with van der Waals surface area (Å²) in [4.78, 5) is 0. The molecule has 2 heterocycles. The molecule has 0 aliphatic carbocycles. The Morgan fingerprint density at radius 1 is 1.38 bits per heavy atom. The summed E-state index contributed by atoms with van der Waals surface area (Å²) < 4.78 is 54.3. The second-order valence-electron chi connectivity index (χ2n) is 5.14. The fraction of sp³-hybridized carbons (Fsp3) is 0.500. The van der Waals surface area contributed by atoms with Crippen molar-refractivity contribution in [3.05, 3.63) is 29.4 Å². The van der Waals surface area contributed by atoms with Gasteiger partial charge in [0.05, 0.1) is 18.3 Å². The van der Waals surface area contributed by atoms with Crippen molar-refractivity contribution in [3.63, 3.8) is 0 Å². The van der Waals surface area contributed by atoms with Crippen LogP contribution in [0.1, 0.15) is 19.6 Å². The number of hydrogen-bond donors (Lipinski definition) is 2. The fourth-order valence-electron chi connectivity index (χ4n) is 1.81. The molecule has 0 aromatic carbocycles. The van der Waals surface area contributed by atoms with Gasteiger partial charge in [-0.1, -0.05) is 19.9 Å². The van der Waals surface area contributed by atoms with E-state index in [1.807, 2.05) is 13.8 Å². The van der Waals surface area contributed by atoms with Gasteiger partial charge in [0, 0.05) is 11.4 Å². The highest BCUT2D eigenvalue weighted by Crippen LogP contribution is 2.16. The van der Waals surface area contributed by atoms with E-state index in [-0.39, 0.29) is 16.9 Å². The topological polar surface area (TPSA) is 105 Å². The lowest BCUT2D eigenvalue weighted by Gasteiger charge is -2.09. The zero-order valence-electron chi connectivity index (χ0n) is 11.7. The Morgan fingerprint density at radius 2 is 2.10 bits per heavy atom. The van der Waals surface area contributed by atoms with Gasteiger partial charge in [-0.15, -0.1) is 0 Å². The van der Waals surface area contributed by atoms with Crippen LogP contribution in [-0.4, -0.2) is 34.7 Å². The van der Waals surface area contributed by atoms with Crippen LogP contribution in [0.5, 0.6) is 0 Å². The molecule has 0 saturated heterocycles. The Labute approximate surface area is 124 Å². The highest BCUT2D eigenvalue weighted by Gasteiger charge is 2.28. The van der Waals surface area contributed by atoms with E-state index in [1.54, 1.807) is 6.07 Å². The monoisotopic (exact) mass is 334 g/mol. The minimum atomic E-state index is -3.87. The van der Waals surface area contributed by atoms with E-state index < -0.39 is 25.9 Å². The first-order chi connectivity index (χ1) is 9.68. The summed E-state index contributed by atoms with van der Waals surface area (Å²) in [5.41, 5.74) is 0. The average Bonchev–Trinajstić information content (AvgIpc) is 2.93. The molecular formula is C12H18N2O5S2. The maximum atomic E-state index is 12.1. The first kappa shape index (κ1) is 16.2. The van der Waals surface area contributed by atoms with Crippen LogP contribution in [0.15, 0.2) is 33.1 Å². The Balaban J connectivity index is 2.05. The summed E-state index contributed by atoms with van der Waals surface area (Å²) in [6.45, 7) is 4.36. The molecule has 0 bridgehead atoms. The van der Waals surface area contributed by atoms with Crippen molar-refractivity contribution in [1.29, 1.82) is 0 Å². The molecule has 2 rings (SSSR count). The summed E-state index contributed by atoms with van der Waals surface area (Å²) in [6, 6.07) is 2.42. The third-order valence-electron chi connectivity index (χ3n) is 2.82. The molecule has 0 spiro atoms. The number of rotatable bonds is 6. The molecule has 0 saturated carbocycles.